The Morgan fingerprint density at radius 3 is 2.83 bits per heavy atom. The number of rotatable bonds is 3. The molecule has 0 rings (SSSR count). The molecule has 0 atom stereocenters. The van der Waals surface area contributed by atoms with Crippen molar-refractivity contribution in [1.82, 2.24) is 5.43 Å². The van der Waals surface area contributed by atoms with Crippen LogP contribution in [0, 0.1) is 0 Å². The Kier molecular flexibility index (Phi) is 3.94. The minimum absolute atomic E-state index is 0.0729. The van der Waals surface area contributed by atoms with E-state index >= 15 is 0 Å². The summed E-state index contributed by atoms with van der Waals surface area (Å²) in [5, 5.41) is 0. The molecule has 0 saturated carbocycles. The van der Waals surface area contributed by atoms with Gasteiger partial charge in [0.05, 0.1) is 0 Å². The van der Waals surface area contributed by atoms with Crippen LogP contribution in [0.3, 0.4) is 0 Å². The van der Waals surface area contributed by atoms with Crippen LogP contribution in [0.15, 0.2) is 0 Å². The molecule has 0 aromatic rings. The van der Waals surface area contributed by atoms with Gasteiger partial charge >= 0.3 is 0 Å². The highest BCUT2D eigenvalue weighted by Gasteiger charge is 1.68. The van der Waals surface area contributed by atoms with Crippen LogP contribution in [0.1, 0.15) is 0 Å². The average Bonchev–Trinajstić information content (AvgIpc) is 1.61. The van der Waals surface area contributed by atoms with E-state index in [1.807, 2.05) is 0 Å². The Morgan fingerprint density at radius 2 is 2.67 bits per heavy atom. The number of carbonyl (C=O) groups is 1. The van der Waals surface area contributed by atoms with E-state index in [-0.39, 0.29) is 6.73 Å². The third-order valence-corrected chi connectivity index (χ3v) is 0.235. The van der Waals surface area contributed by atoms with Gasteiger partial charge in [-0.2, -0.15) is 0 Å². The maximum atomic E-state index is 9.25. The maximum Gasteiger partial charge on any atom is 0.294 e. The molecule has 0 aliphatic heterocycles. The normalized spacial score (nSPS) is 7.50. The van der Waals surface area contributed by atoms with Gasteiger partial charge in [-0.15, -0.1) is 0 Å². The predicted octanol–water partition coefficient (Wildman–Crippen LogP) is -1.42. The maximum absolute atomic E-state index is 9.25. The molecule has 6 heavy (non-hydrogen) atoms. The number of nitrogens with one attached hydrogen (secondary N) is 1. The van der Waals surface area contributed by atoms with Crippen LogP contribution >= 0.6 is 0 Å². The molecule has 4 nitrogen and oxygen atoms in total. The minimum Gasteiger partial charge on any atom is -0.451 e. The first-order valence-corrected chi connectivity index (χ1v) is 1.40. The molecule has 0 bridgehead atoms. The summed E-state index contributed by atoms with van der Waals surface area (Å²) in [5.74, 6) is 4.68. The molecule has 36 valence electrons. The van der Waals surface area contributed by atoms with Crippen molar-refractivity contribution in [2.45, 2.75) is 0 Å². The first-order chi connectivity index (χ1) is 2.91. The van der Waals surface area contributed by atoms with Crippen LogP contribution < -0.4 is 11.3 Å². The molecule has 0 fully saturated rings. The molecule has 0 amide bonds. The number of hydrazine groups is 1. The second-order valence-corrected chi connectivity index (χ2v) is 0.611. The Bertz CT molecular complexity index is 38.5. The molecule has 0 radical (unpaired) electrons. The van der Waals surface area contributed by atoms with Gasteiger partial charge in [0.25, 0.3) is 6.47 Å². The van der Waals surface area contributed by atoms with Crippen LogP contribution in [-0.4, -0.2) is 13.2 Å². The van der Waals surface area contributed by atoms with E-state index in [1.165, 1.54) is 0 Å². The average molecular weight is 90.1 g/mol. The largest absolute Gasteiger partial charge is 0.451 e. The first kappa shape index (κ1) is 5.39. The van der Waals surface area contributed by atoms with E-state index in [1.54, 1.807) is 0 Å². The second kappa shape index (κ2) is 4.39. The van der Waals surface area contributed by atoms with E-state index in [9.17, 15) is 4.79 Å². The number of carbonyl (C=O) groups excluding carboxylic acids is 1. The van der Waals surface area contributed by atoms with Crippen molar-refractivity contribution in [2.24, 2.45) is 5.84 Å². The van der Waals surface area contributed by atoms with E-state index in [4.69, 9.17) is 0 Å². The molecule has 0 aromatic carbocycles. The molecule has 0 aliphatic rings. The zero-order valence-electron chi connectivity index (χ0n) is 3.18. The zero-order valence-corrected chi connectivity index (χ0v) is 3.18. The lowest BCUT2D eigenvalue weighted by Gasteiger charge is -1.89. The molecule has 0 spiro atoms. The van der Waals surface area contributed by atoms with Crippen LogP contribution in [0.2, 0.25) is 0 Å². The summed E-state index contributed by atoms with van der Waals surface area (Å²) < 4.78 is 4.07. The monoisotopic (exact) mass is 90.0 g/mol. The highest BCUT2D eigenvalue weighted by atomic mass is 16.5. The van der Waals surface area contributed by atoms with Gasteiger partial charge in [0.1, 0.15) is 0 Å². The number of hydrogen-bond donors (Lipinski definition) is 2. The summed E-state index contributed by atoms with van der Waals surface area (Å²) >= 11 is 0. The van der Waals surface area contributed by atoms with E-state index in [0.717, 1.165) is 0 Å². The van der Waals surface area contributed by atoms with Crippen molar-refractivity contribution in [2.75, 3.05) is 6.73 Å². The number of hydrogen-bond acceptors (Lipinski definition) is 4. The number of ether oxygens (including phenoxy) is 1. The van der Waals surface area contributed by atoms with Gasteiger partial charge in [0.2, 0.25) is 0 Å². The Morgan fingerprint density at radius 1 is 2.00 bits per heavy atom. The van der Waals surface area contributed by atoms with Crippen LogP contribution in [-0.2, 0) is 9.53 Å². The molecule has 3 N–H and O–H groups in total. The minimum atomic E-state index is 0.0729. The Balaban J connectivity index is 2.49. The summed E-state index contributed by atoms with van der Waals surface area (Å²) in [6.07, 6.45) is 0. The fraction of sp³-hybridized carbons (Fsp3) is 0.500. The summed E-state index contributed by atoms with van der Waals surface area (Å²) in [7, 11) is 0. The summed E-state index contributed by atoms with van der Waals surface area (Å²) in [6, 6.07) is 0. The van der Waals surface area contributed by atoms with Gasteiger partial charge in [0.15, 0.2) is 6.73 Å². The van der Waals surface area contributed by atoms with Crippen molar-refractivity contribution >= 4 is 6.47 Å². The third-order valence-electron chi connectivity index (χ3n) is 0.235. The van der Waals surface area contributed by atoms with Crippen LogP contribution in [0.5, 0.6) is 0 Å². The van der Waals surface area contributed by atoms with Crippen molar-refractivity contribution < 1.29 is 9.53 Å². The summed E-state index contributed by atoms with van der Waals surface area (Å²) in [5.41, 5.74) is 2.12. The molecule has 0 unspecified atom stereocenters. The fourth-order valence-electron chi connectivity index (χ4n) is 0.0821. The lowest BCUT2D eigenvalue weighted by atomic mass is 11.3. The Hall–Kier alpha value is -0.610. The van der Waals surface area contributed by atoms with Crippen molar-refractivity contribution in [3.8, 4) is 0 Å². The van der Waals surface area contributed by atoms with Gasteiger partial charge in [-0.3, -0.25) is 10.6 Å². The highest BCUT2D eigenvalue weighted by Crippen LogP contribution is 1.49. The fourth-order valence-corrected chi connectivity index (χ4v) is 0.0821. The van der Waals surface area contributed by atoms with Gasteiger partial charge in [-0.05, 0) is 0 Å². The van der Waals surface area contributed by atoms with Crippen LogP contribution in [0.4, 0.5) is 0 Å². The van der Waals surface area contributed by atoms with Crippen LogP contribution in [0.25, 0.3) is 0 Å². The van der Waals surface area contributed by atoms with Gasteiger partial charge in [-0.25, -0.2) is 5.43 Å². The summed E-state index contributed by atoms with van der Waals surface area (Å²) in [6.45, 7) is 0.392. The van der Waals surface area contributed by atoms with E-state index < -0.39 is 0 Å². The SMILES string of the molecule is NNCOC=O. The van der Waals surface area contributed by atoms with Gasteiger partial charge in [-0.1, -0.05) is 0 Å². The lowest BCUT2D eigenvalue weighted by molar-refractivity contribution is -0.129. The summed E-state index contributed by atoms with van der Waals surface area (Å²) in [4.78, 5) is 9.25. The zero-order chi connectivity index (χ0) is 4.83. The molecule has 0 aromatic heterocycles. The molecular formula is C2H6N2O2. The van der Waals surface area contributed by atoms with E-state index in [2.05, 4.69) is 16.0 Å². The molecule has 0 aliphatic carbocycles. The second-order valence-electron chi connectivity index (χ2n) is 0.611. The molecule has 0 saturated heterocycles. The predicted molar refractivity (Wildman–Crippen MR) is 19.3 cm³/mol. The van der Waals surface area contributed by atoms with Crippen molar-refractivity contribution in [1.29, 1.82) is 0 Å². The lowest BCUT2D eigenvalue weighted by Crippen LogP contribution is -2.24. The van der Waals surface area contributed by atoms with Crippen molar-refractivity contribution in [3.63, 3.8) is 0 Å². The van der Waals surface area contributed by atoms with E-state index in [0.29, 0.717) is 6.47 Å². The molecule has 4 heteroatoms. The van der Waals surface area contributed by atoms with Gasteiger partial charge < -0.3 is 4.74 Å². The quantitative estimate of drug-likeness (QED) is 0.147. The van der Waals surface area contributed by atoms with Gasteiger partial charge in [0, 0.05) is 0 Å². The highest BCUT2D eigenvalue weighted by molar-refractivity contribution is 5.36. The molecule has 0 heterocycles. The smallest absolute Gasteiger partial charge is 0.294 e. The molecular weight excluding hydrogens is 84.0 g/mol. The first-order valence-electron chi connectivity index (χ1n) is 1.40. The third kappa shape index (κ3) is 3.39. The Labute approximate surface area is 35.2 Å². The van der Waals surface area contributed by atoms with Crippen molar-refractivity contribution in [3.05, 3.63) is 0 Å². The standard InChI is InChI=1S/C2H6N2O2/c3-4-1-6-2-5/h2,4H,1,3H2. The number of nitrogens with two attached hydrogens (primary N) is 1. The topological polar surface area (TPSA) is 64.3 Å².